The third-order valence-electron chi connectivity index (χ3n) is 2.95. The molecule has 1 aromatic rings. The van der Waals surface area contributed by atoms with Gasteiger partial charge in [-0.25, -0.2) is 0 Å². The Kier molecular flexibility index (Phi) is 6.01. The third kappa shape index (κ3) is 4.85. The first-order chi connectivity index (χ1) is 9.36. The first kappa shape index (κ1) is 16.5. The van der Waals surface area contributed by atoms with Crippen molar-refractivity contribution in [2.24, 2.45) is 5.92 Å². The second kappa shape index (κ2) is 7.28. The fourth-order valence-corrected chi connectivity index (χ4v) is 1.77. The molecule has 0 bridgehead atoms. The smallest absolute Gasteiger partial charge is 0.396 e. The van der Waals surface area contributed by atoms with Crippen LogP contribution in [0.25, 0.3) is 0 Å². The zero-order valence-electron chi connectivity index (χ0n) is 11.2. The molecule has 0 aliphatic heterocycles. The number of hydrogen-bond donors (Lipinski definition) is 2. The average molecular weight is 289 g/mol. The number of rotatable bonds is 6. The molecule has 0 aromatic heterocycles. The maximum absolute atomic E-state index is 12.7. The molecule has 20 heavy (non-hydrogen) atoms. The Morgan fingerprint density at radius 3 is 2.60 bits per heavy atom. The molecule has 6 heteroatoms. The van der Waals surface area contributed by atoms with Gasteiger partial charge in [0.2, 0.25) is 0 Å². The number of carbonyl (C=O) groups is 1. The van der Waals surface area contributed by atoms with Crippen molar-refractivity contribution in [3.05, 3.63) is 35.4 Å². The average Bonchev–Trinajstić information content (AvgIpc) is 2.42. The zero-order valence-corrected chi connectivity index (χ0v) is 11.2. The molecule has 112 valence electrons. The molecule has 0 fully saturated rings. The van der Waals surface area contributed by atoms with Gasteiger partial charge in [-0.3, -0.25) is 4.79 Å². The SMILES string of the molecule is CC(CO)CCCNC(=O)c1ccccc1C(F)(F)F. The Balaban J connectivity index is 2.60. The van der Waals surface area contributed by atoms with Crippen LogP contribution in [-0.4, -0.2) is 24.2 Å². The van der Waals surface area contributed by atoms with Crippen LogP contribution in [0, 0.1) is 5.92 Å². The van der Waals surface area contributed by atoms with Gasteiger partial charge in [0.1, 0.15) is 0 Å². The van der Waals surface area contributed by atoms with Crippen LogP contribution >= 0.6 is 0 Å². The van der Waals surface area contributed by atoms with E-state index >= 15 is 0 Å². The van der Waals surface area contributed by atoms with E-state index in [9.17, 15) is 18.0 Å². The second-order valence-electron chi connectivity index (χ2n) is 4.73. The highest BCUT2D eigenvalue weighted by atomic mass is 19.4. The van der Waals surface area contributed by atoms with Crippen molar-refractivity contribution in [2.75, 3.05) is 13.2 Å². The summed E-state index contributed by atoms with van der Waals surface area (Å²) in [5.74, 6) is -0.607. The quantitative estimate of drug-likeness (QED) is 0.791. The summed E-state index contributed by atoms with van der Waals surface area (Å²) in [6.07, 6.45) is -3.22. The maximum Gasteiger partial charge on any atom is 0.417 e. The minimum Gasteiger partial charge on any atom is -0.396 e. The lowest BCUT2D eigenvalue weighted by molar-refractivity contribution is -0.137. The predicted molar refractivity (Wildman–Crippen MR) is 69.3 cm³/mol. The summed E-state index contributed by atoms with van der Waals surface area (Å²) < 4.78 is 38.2. The van der Waals surface area contributed by atoms with E-state index < -0.39 is 17.6 Å². The number of aliphatic hydroxyl groups is 1. The molecule has 1 unspecified atom stereocenters. The normalized spacial score (nSPS) is 13.1. The van der Waals surface area contributed by atoms with Gasteiger partial charge in [-0.1, -0.05) is 19.1 Å². The van der Waals surface area contributed by atoms with Crippen LogP contribution in [0.1, 0.15) is 35.7 Å². The van der Waals surface area contributed by atoms with E-state index in [2.05, 4.69) is 5.32 Å². The molecule has 1 rings (SSSR count). The third-order valence-corrected chi connectivity index (χ3v) is 2.95. The highest BCUT2D eigenvalue weighted by molar-refractivity contribution is 5.95. The van der Waals surface area contributed by atoms with Crippen molar-refractivity contribution in [1.29, 1.82) is 0 Å². The highest BCUT2D eigenvalue weighted by Crippen LogP contribution is 2.31. The van der Waals surface area contributed by atoms with Gasteiger partial charge >= 0.3 is 6.18 Å². The van der Waals surface area contributed by atoms with Crippen LogP contribution in [0.5, 0.6) is 0 Å². The fraction of sp³-hybridized carbons (Fsp3) is 0.500. The van der Waals surface area contributed by atoms with Crippen LogP contribution < -0.4 is 5.32 Å². The first-order valence-corrected chi connectivity index (χ1v) is 6.41. The van der Waals surface area contributed by atoms with Gasteiger partial charge in [-0.15, -0.1) is 0 Å². The molecule has 0 saturated heterocycles. The van der Waals surface area contributed by atoms with E-state index in [-0.39, 0.29) is 24.6 Å². The van der Waals surface area contributed by atoms with Crippen LogP contribution in [0.3, 0.4) is 0 Å². The Morgan fingerprint density at radius 1 is 1.35 bits per heavy atom. The largest absolute Gasteiger partial charge is 0.417 e. The van der Waals surface area contributed by atoms with E-state index in [1.807, 2.05) is 6.92 Å². The molecule has 2 N–H and O–H groups in total. The number of halogens is 3. The number of nitrogens with one attached hydrogen (secondary N) is 1. The molecule has 0 radical (unpaired) electrons. The topological polar surface area (TPSA) is 49.3 Å². The number of aliphatic hydroxyl groups excluding tert-OH is 1. The van der Waals surface area contributed by atoms with Gasteiger partial charge in [-0.2, -0.15) is 13.2 Å². The Bertz CT molecular complexity index is 446. The highest BCUT2D eigenvalue weighted by Gasteiger charge is 2.34. The van der Waals surface area contributed by atoms with E-state index in [1.165, 1.54) is 12.1 Å². The lowest BCUT2D eigenvalue weighted by Gasteiger charge is -2.13. The van der Waals surface area contributed by atoms with Gasteiger partial charge in [0, 0.05) is 13.2 Å². The Labute approximate surface area is 115 Å². The van der Waals surface area contributed by atoms with Crippen LogP contribution in [0.2, 0.25) is 0 Å². The Hall–Kier alpha value is -1.56. The summed E-state index contributed by atoms with van der Waals surface area (Å²) in [7, 11) is 0. The maximum atomic E-state index is 12.7. The molecule has 0 aliphatic carbocycles. The van der Waals surface area contributed by atoms with Gasteiger partial charge in [0.15, 0.2) is 0 Å². The molecule has 1 aromatic carbocycles. The lowest BCUT2D eigenvalue weighted by Crippen LogP contribution is -2.27. The second-order valence-corrected chi connectivity index (χ2v) is 4.73. The lowest BCUT2D eigenvalue weighted by atomic mass is 10.1. The molecule has 1 atom stereocenters. The van der Waals surface area contributed by atoms with Crippen molar-refractivity contribution < 1.29 is 23.1 Å². The molecule has 0 aliphatic rings. The van der Waals surface area contributed by atoms with E-state index in [1.54, 1.807) is 0 Å². The monoisotopic (exact) mass is 289 g/mol. The fourth-order valence-electron chi connectivity index (χ4n) is 1.77. The number of carbonyl (C=O) groups excluding carboxylic acids is 1. The summed E-state index contributed by atoms with van der Waals surface area (Å²) >= 11 is 0. The number of hydrogen-bond acceptors (Lipinski definition) is 2. The van der Waals surface area contributed by atoms with Gasteiger partial charge in [0.25, 0.3) is 5.91 Å². The molecule has 3 nitrogen and oxygen atoms in total. The summed E-state index contributed by atoms with van der Waals surface area (Å²) in [6, 6.07) is 4.71. The Morgan fingerprint density at radius 2 is 2.00 bits per heavy atom. The molecular formula is C14H18F3NO2. The van der Waals surface area contributed by atoms with Crippen LogP contribution in [-0.2, 0) is 6.18 Å². The van der Waals surface area contributed by atoms with Crippen molar-refractivity contribution >= 4 is 5.91 Å². The van der Waals surface area contributed by atoms with E-state index in [0.717, 1.165) is 12.1 Å². The standard InChI is InChI=1S/C14H18F3NO2/c1-10(9-19)5-4-8-18-13(20)11-6-2-3-7-12(11)14(15,16)17/h2-3,6-7,10,19H,4-5,8-9H2,1H3,(H,18,20). The van der Waals surface area contributed by atoms with E-state index in [4.69, 9.17) is 5.11 Å². The molecule has 0 heterocycles. The van der Waals surface area contributed by atoms with Gasteiger partial charge < -0.3 is 10.4 Å². The van der Waals surface area contributed by atoms with Crippen LogP contribution in [0.15, 0.2) is 24.3 Å². The van der Waals surface area contributed by atoms with Crippen molar-refractivity contribution in [3.63, 3.8) is 0 Å². The van der Waals surface area contributed by atoms with Crippen LogP contribution in [0.4, 0.5) is 13.2 Å². The zero-order chi connectivity index (χ0) is 15.2. The summed E-state index contributed by atoms with van der Waals surface area (Å²) in [4.78, 5) is 11.8. The minimum atomic E-state index is -4.54. The van der Waals surface area contributed by atoms with Gasteiger partial charge in [-0.05, 0) is 30.9 Å². The molecule has 1 amide bonds. The van der Waals surface area contributed by atoms with E-state index in [0.29, 0.717) is 12.8 Å². The van der Waals surface area contributed by atoms with Gasteiger partial charge in [0.05, 0.1) is 11.1 Å². The van der Waals surface area contributed by atoms with Crippen molar-refractivity contribution in [2.45, 2.75) is 25.9 Å². The molecular weight excluding hydrogens is 271 g/mol. The predicted octanol–water partition coefficient (Wildman–Crippen LogP) is 2.84. The molecule has 0 saturated carbocycles. The summed E-state index contributed by atoms with van der Waals surface area (Å²) in [5.41, 5.74) is -1.29. The summed E-state index contributed by atoms with van der Waals surface area (Å²) in [5, 5.41) is 11.3. The number of alkyl halides is 3. The van der Waals surface area contributed by atoms with Crippen molar-refractivity contribution in [3.8, 4) is 0 Å². The first-order valence-electron chi connectivity index (χ1n) is 6.41. The minimum absolute atomic E-state index is 0.0604. The number of amides is 1. The summed E-state index contributed by atoms with van der Waals surface area (Å²) in [6.45, 7) is 2.21. The van der Waals surface area contributed by atoms with Crippen molar-refractivity contribution in [1.82, 2.24) is 5.32 Å². The molecule has 0 spiro atoms. The number of benzene rings is 1.